The Kier molecular flexibility index (Phi) is 32.6. The molecule has 1 heterocycles. The van der Waals surface area contributed by atoms with Crippen molar-refractivity contribution in [1.82, 2.24) is 4.90 Å². The molecule has 5 nitrogen and oxygen atoms in total. The number of carbonyl (C=O) groups excluding carboxylic acids is 2. The van der Waals surface area contributed by atoms with Crippen LogP contribution in [-0.4, -0.2) is 49.7 Å². The van der Waals surface area contributed by atoms with Gasteiger partial charge in [0.1, 0.15) is 0 Å². The Morgan fingerprint density at radius 3 is 1.17 bits per heavy atom. The van der Waals surface area contributed by atoms with E-state index in [4.69, 9.17) is 9.47 Å². The van der Waals surface area contributed by atoms with Gasteiger partial charge in [0, 0.05) is 25.3 Å². The maximum atomic E-state index is 12.4. The minimum Gasteiger partial charge on any atom is -0.465 e. The number of esters is 2. The largest absolute Gasteiger partial charge is 0.465 e. The fourth-order valence-electron chi connectivity index (χ4n) is 6.33. The highest BCUT2D eigenvalue weighted by Crippen LogP contribution is 2.15. The molecule has 0 bridgehead atoms. The third-order valence-corrected chi connectivity index (χ3v) is 9.71. The Labute approximate surface area is 298 Å². The van der Waals surface area contributed by atoms with Gasteiger partial charge in [-0.2, -0.15) is 0 Å². The zero-order valence-corrected chi connectivity index (χ0v) is 32.0. The molecular formula is C43H79NO4. The molecule has 0 spiro atoms. The summed E-state index contributed by atoms with van der Waals surface area (Å²) in [6.45, 7) is 8.24. The second-order valence-electron chi connectivity index (χ2n) is 14.6. The summed E-state index contributed by atoms with van der Waals surface area (Å²) in [5.41, 5.74) is 0. The summed E-state index contributed by atoms with van der Waals surface area (Å²) >= 11 is 0. The first kappa shape index (κ1) is 44.4. The number of hydrogen-bond donors (Lipinski definition) is 0. The maximum Gasteiger partial charge on any atom is 0.305 e. The molecule has 0 aromatic rings. The highest BCUT2D eigenvalue weighted by Gasteiger charge is 2.22. The lowest BCUT2D eigenvalue weighted by Gasteiger charge is -2.33. The van der Waals surface area contributed by atoms with Gasteiger partial charge in [0.2, 0.25) is 0 Å². The third kappa shape index (κ3) is 30.4. The molecule has 0 unspecified atom stereocenters. The van der Waals surface area contributed by atoms with E-state index in [0.717, 1.165) is 45.3 Å². The van der Waals surface area contributed by atoms with Crippen molar-refractivity contribution in [3.8, 4) is 0 Å². The van der Waals surface area contributed by atoms with Crippen LogP contribution in [-0.2, 0) is 19.1 Å². The van der Waals surface area contributed by atoms with E-state index in [9.17, 15) is 9.59 Å². The topological polar surface area (TPSA) is 55.8 Å². The quantitative estimate of drug-likeness (QED) is 0.0376. The first-order valence-electron chi connectivity index (χ1n) is 21.0. The van der Waals surface area contributed by atoms with Crippen molar-refractivity contribution in [3.05, 3.63) is 24.3 Å². The van der Waals surface area contributed by atoms with Gasteiger partial charge in [0.05, 0.1) is 13.2 Å². The van der Waals surface area contributed by atoms with Gasteiger partial charge in [-0.25, -0.2) is 0 Å². The zero-order valence-electron chi connectivity index (χ0n) is 32.0. The number of unbranched alkanes of at least 4 members (excludes halogenated alkanes) is 22. The fraction of sp³-hybridized carbons (Fsp3) is 0.860. The fourth-order valence-corrected chi connectivity index (χ4v) is 6.33. The van der Waals surface area contributed by atoms with Crippen LogP contribution >= 0.6 is 0 Å². The number of carbonyl (C=O) groups is 2. The number of hydrogen-bond acceptors (Lipinski definition) is 5. The van der Waals surface area contributed by atoms with Crippen molar-refractivity contribution >= 4 is 11.9 Å². The molecule has 1 saturated heterocycles. The highest BCUT2D eigenvalue weighted by molar-refractivity contribution is 5.69. The highest BCUT2D eigenvalue weighted by atomic mass is 16.5. The Morgan fingerprint density at radius 2 is 0.833 bits per heavy atom. The molecule has 0 atom stereocenters. The monoisotopic (exact) mass is 674 g/mol. The average molecular weight is 674 g/mol. The standard InChI is InChI=1S/C43H79NO4/c1-3-5-7-9-11-13-15-17-19-21-23-25-27-29-31-34-42(45)47-39-41(38-44-36-33-37-44)40-48-43(46)35-32-30-28-26-24-22-20-18-16-14-12-10-8-6-4-2/h17-20,41H,3-16,21-40H2,1-2H3/b19-17-,20-18-. The van der Waals surface area contributed by atoms with Gasteiger partial charge >= 0.3 is 11.9 Å². The Morgan fingerprint density at radius 1 is 0.500 bits per heavy atom. The van der Waals surface area contributed by atoms with Crippen molar-refractivity contribution in [2.75, 3.05) is 32.8 Å². The molecule has 1 fully saturated rings. The molecular weight excluding hydrogens is 594 g/mol. The van der Waals surface area contributed by atoms with Crippen molar-refractivity contribution < 1.29 is 19.1 Å². The van der Waals surface area contributed by atoms with Crippen LogP contribution in [0.2, 0.25) is 0 Å². The second-order valence-corrected chi connectivity index (χ2v) is 14.6. The molecule has 5 heteroatoms. The van der Waals surface area contributed by atoms with Crippen LogP contribution in [0.4, 0.5) is 0 Å². The van der Waals surface area contributed by atoms with E-state index in [1.165, 1.54) is 148 Å². The van der Waals surface area contributed by atoms with Crippen LogP contribution in [0.25, 0.3) is 0 Å². The normalized spacial score (nSPS) is 13.6. The van der Waals surface area contributed by atoms with E-state index >= 15 is 0 Å². The number of allylic oxidation sites excluding steroid dienone is 4. The van der Waals surface area contributed by atoms with Gasteiger partial charge in [-0.15, -0.1) is 0 Å². The van der Waals surface area contributed by atoms with Crippen LogP contribution in [0.15, 0.2) is 24.3 Å². The summed E-state index contributed by atoms with van der Waals surface area (Å²) in [6.07, 6.45) is 44.1. The van der Waals surface area contributed by atoms with Gasteiger partial charge in [-0.3, -0.25) is 9.59 Å². The number of likely N-dealkylation sites (tertiary alicyclic amines) is 1. The van der Waals surface area contributed by atoms with Crippen molar-refractivity contribution in [3.63, 3.8) is 0 Å². The first-order valence-corrected chi connectivity index (χ1v) is 21.0. The van der Waals surface area contributed by atoms with E-state index in [-0.39, 0.29) is 17.9 Å². The number of nitrogens with zero attached hydrogens (tertiary/aromatic N) is 1. The van der Waals surface area contributed by atoms with Crippen LogP contribution in [0, 0.1) is 5.92 Å². The molecule has 280 valence electrons. The van der Waals surface area contributed by atoms with E-state index in [1.807, 2.05) is 0 Å². The molecule has 0 aromatic carbocycles. The third-order valence-electron chi connectivity index (χ3n) is 9.71. The van der Waals surface area contributed by atoms with Crippen molar-refractivity contribution in [2.24, 2.45) is 5.92 Å². The van der Waals surface area contributed by atoms with Crippen molar-refractivity contribution in [2.45, 2.75) is 200 Å². The molecule has 48 heavy (non-hydrogen) atoms. The Bertz CT molecular complexity index is 719. The van der Waals surface area contributed by atoms with Gasteiger partial charge in [0.15, 0.2) is 0 Å². The Hall–Kier alpha value is -1.62. The molecule has 0 amide bonds. The first-order chi connectivity index (χ1) is 23.7. The van der Waals surface area contributed by atoms with Crippen LogP contribution < -0.4 is 0 Å². The minimum absolute atomic E-state index is 0.0569. The predicted molar refractivity (Wildman–Crippen MR) is 205 cm³/mol. The molecule has 0 aliphatic carbocycles. The molecule has 0 radical (unpaired) electrons. The second kappa shape index (κ2) is 35.2. The van der Waals surface area contributed by atoms with Crippen LogP contribution in [0.5, 0.6) is 0 Å². The summed E-state index contributed by atoms with van der Waals surface area (Å²) in [5.74, 6) is -0.164. The lowest BCUT2D eigenvalue weighted by molar-refractivity contribution is -0.149. The SMILES string of the molecule is CCCCCCCC/C=C\CCCCCCCC(=O)OCC(COC(=O)CCCCCCC/C=C\CCCCCCCC)CN1CCC1. The van der Waals surface area contributed by atoms with E-state index in [1.54, 1.807) is 0 Å². The summed E-state index contributed by atoms with van der Waals surface area (Å²) in [5, 5.41) is 0. The Balaban J connectivity index is 2.01. The summed E-state index contributed by atoms with van der Waals surface area (Å²) in [7, 11) is 0. The average Bonchev–Trinajstić information content (AvgIpc) is 3.07. The predicted octanol–water partition coefficient (Wildman–Crippen LogP) is 12.5. The number of ether oxygens (including phenoxy) is 2. The van der Waals surface area contributed by atoms with E-state index in [0.29, 0.717) is 26.1 Å². The minimum atomic E-state index is -0.110. The molecule has 0 saturated carbocycles. The lowest BCUT2D eigenvalue weighted by Crippen LogP contribution is -2.42. The zero-order chi connectivity index (χ0) is 34.6. The summed E-state index contributed by atoms with van der Waals surface area (Å²) in [6, 6.07) is 0. The van der Waals surface area contributed by atoms with Crippen LogP contribution in [0.3, 0.4) is 0 Å². The smallest absolute Gasteiger partial charge is 0.305 e. The van der Waals surface area contributed by atoms with Gasteiger partial charge in [0.25, 0.3) is 0 Å². The van der Waals surface area contributed by atoms with Crippen LogP contribution in [0.1, 0.15) is 200 Å². The molecule has 0 aromatic heterocycles. The molecule has 0 N–H and O–H groups in total. The van der Waals surface area contributed by atoms with Gasteiger partial charge in [-0.1, -0.05) is 141 Å². The van der Waals surface area contributed by atoms with E-state index < -0.39 is 0 Å². The molecule has 1 aliphatic heterocycles. The molecule has 1 aliphatic rings. The summed E-state index contributed by atoms with van der Waals surface area (Å²) in [4.78, 5) is 27.2. The van der Waals surface area contributed by atoms with Gasteiger partial charge < -0.3 is 14.4 Å². The molecule has 1 rings (SSSR count). The van der Waals surface area contributed by atoms with E-state index in [2.05, 4.69) is 43.1 Å². The lowest BCUT2D eigenvalue weighted by atomic mass is 10.1. The van der Waals surface area contributed by atoms with Crippen molar-refractivity contribution in [1.29, 1.82) is 0 Å². The maximum absolute atomic E-state index is 12.4. The number of rotatable bonds is 36. The van der Waals surface area contributed by atoms with Gasteiger partial charge in [-0.05, 0) is 83.7 Å². The summed E-state index contributed by atoms with van der Waals surface area (Å²) < 4.78 is 11.3.